The largest absolute Gasteiger partial charge is 0.368 e. The van der Waals surface area contributed by atoms with Crippen LogP contribution in [0.25, 0.3) is 0 Å². The van der Waals surface area contributed by atoms with Crippen LogP contribution in [0.5, 0.6) is 0 Å². The van der Waals surface area contributed by atoms with Crippen molar-refractivity contribution in [2.45, 2.75) is 26.3 Å². The topological polar surface area (TPSA) is 79.4 Å². The van der Waals surface area contributed by atoms with Crippen molar-refractivity contribution >= 4 is 27.1 Å². The number of benzene rings is 1. The maximum atomic E-state index is 12.5. The third-order valence-electron chi connectivity index (χ3n) is 4.61. The van der Waals surface area contributed by atoms with Crippen molar-refractivity contribution in [2.24, 2.45) is 0 Å². The average Bonchev–Trinajstić information content (AvgIpc) is 2.97. The van der Waals surface area contributed by atoms with Gasteiger partial charge < -0.3 is 10.2 Å². The van der Waals surface area contributed by atoms with E-state index in [0.717, 1.165) is 11.3 Å². The first-order valence-corrected chi connectivity index (χ1v) is 10.5. The number of sulfone groups is 1. The van der Waals surface area contributed by atoms with Gasteiger partial charge in [0.05, 0.1) is 11.5 Å². The molecule has 1 aromatic heterocycles. The Morgan fingerprint density at radius 1 is 1.27 bits per heavy atom. The second-order valence-electron chi connectivity index (χ2n) is 6.56. The molecule has 1 fully saturated rings. The van der Waals surface area contributed by atoms with Crippen LogP contribution in [0.15, 0.2) is 42.6 Å². The minimum atomic E-state index is -2.97. The van der Waals surface area contributed by atoms with Crippen molar-refractivity contribution in [1.82, 2.24) is 4.98 Å². The molecule has 1 aromatic carbocycles. The number of nitrogens with one attached hydrogen (secondary N) is 1. The smallest absolute Gasteiger partial charge is 0.274 e. The van der Waals surface area contributed by atoms with Crippen molar-refractivity contribution < 1.29 is 13.2 Å². The van der Waals surface area contributed by atoms with Crippen molar-refractivity contribution in [3.05, 3.63) is 53.9 Å². The van der Waals surface area contributed by atoms with Gasteiger partial charge in [0.1, 0.15) is 5.69 Å². The molecule has 1 saturated heterocycles. The average molecular weight is 373 g/mol. The number of aryl methyl sites for hydroxylation is 1. The minimum Gasteiger partial charge on any atom is -0.368 e. The van der Waals surface area contributed by atoms with Crippen LogP contribution in [0.4, 0.5) is 11.4 Å². The van der Waals surface area contributed by atoms with Crippen LogP contribution in [0.1, 0.15) is 29.4 Å². The van der Waals surface area contributed by atoms with Gasteiger partial charge in [-0.05, 0) is 44.5 Å². The number of amides is 1. The minimum absolute atomic E-state index is 0.0552. The summed E-state index contributed by atoms with van der Waals surface area (Å²) >= 11 is 0. The number of hydrogen-bond donors (Lipinski definition) is 1. The van der Waals surface area contributed by atoms with E-state index in [9.17, 15) is 13.2 Å². The normalized spacial score (nSPS) is 18.5. The number of carbonyl (C=O) groups excluding carboxylic acids is 1. The standard InChI is InChI=1S/C19H23N3O3S/c1-3-22(17-9-11-26(24,25)13-17)16-8-10-20-18(12-16)19(23)21-15-6-4-14(2)5-7-15/h4-8,10,12,17H,3,9,11,13H2,1-2H3,(H,21,23). The highest BCUT2D eigenvalue weighted by molar-refractivity contribution is 7.91. The molecule has 6 nitrogen and oxygen atoms in total. The lowest BCUT2D eigenvalue weighted by Crippen LogP contribution is -2.36. The number of rotatable bonds is 5. The lowest BCUT2D eigenvalue weighted by atomic mass is 10.2. The first kappa shape index (κ1) is 18.4. The summed E-state index contributed by atoms with van der Waals surface area (Å²) in [4.78, 5) is 18.7. The second-order valence-corrected chi connectivity index (χ2v) is 8.79. The molecule has 1 unspecified atom stereocenters. The van der Waals surface area contributed by atoms with Crippen molar-refractivity contribution in [1.29, 1.82) is 0 Å². The Kier molecular flexibility index (Phi) is 5.27. The summed E-state index contributed by atoms with van der Waals surface area (Å²) in [6.45, 7) is 4.64. The van der Waals surface area contributed by atoms with E-state index in [4.69, 9.17) is 0 Å². The van der Waals surface area contributed by atoms with E-state index in [-0.39, 0.29) is 23.5 Å². The van der Waals surface area contributed by atoms with Gasteiger partial charge in [-0.2, -0.15) is 0 Å². The van der Waals surface area contributed by atoms with Gasteiger partial charge in [0.2, 0.25) is 0 Å². The van der Waals surface area contributed by atoms with Crippen molar-refractivity contribution in [3.63, 3.8) is 0 Å². The molecule has 3 rings (SSSR count). The maximum absolute atomic E-state index is 12.5. The van der Waals surface area contributed by atoms with Crippen LogP contribution in [-0.2, 0) is 9.84 Å². The van der Waals surface area contributed by atoms with Crippen LogP contribution in [0.3, 0.4) is 0 Å². The highest BCUT2D eigenvalue weighted by atomic mass is 32.2. The molecule has 138 valence electrons. The Morgan fingerprint density at radius 2 is 2.00 bits per heavy atom. The third-order valence-corrected chi connectivity index (χ3v) is 6.36. The van der Waals surface area contributed by atoms with Gasteiger partial charge in [-0.3, -0.25) is 9.78 Å². The predicted molar refractivity (Wildman–Crippen MR) is 103 cm³/mol. The summed E-state index contributed by atoms with van der Waals surface area (Å²) in [6.07, 6.45) is 2.20. The molecule has 2 aromatic rings. The summed E-state index contributed by atoms with van der Waals surface area (Å²) in [5.74, 6) is 0.0967. The lowest BCUT2D eigenvalue weighted by molar-refractivity contribution is 0.102. The monoisotopic (exact) mass is 373 g/mol. The molecule has 0 radical (unpaired) electrons. The molecular weight excluding hydrogens is 350 g/mol. The molecule has 1 amide bonds. The fourth-order valence-electron chi connectivity index (χ4n) is 3.23. The predicted octanol–water partition coefficient (Wildman–Crippen LogP) is 2.66. The Hall–Kier alpha value is -2.41. The van der Waals surface area contributed by atoms with Gasteiger partial charge in [-0.1, -0.05) is 17.7 Å². The number of hydrogen-bond acceptors (Lipinski definition) is 5. The highest BCUT2D eigenvalue weighted by Crippen LogP contribution is 2.24. The van der Waals surface area contributed by atoms with E-state index in [1.807, 2.05) is 49.1 Å². The Balaban J connectivity index is 1.78. The van der Waals surface area contributed by atoms with Gasteiger partial charge >= 0.3 is 0 Å². The van der Waals surface area contributed by atoms with E-state index in [0.29, 0.717) is 24.3 Å². The fraction of sp³-hybridized carbons (Fsp3) is 0.368. The maximum Gasteiger partial charge on any atom is 0.274 e. The van der Waals surface area contributed by atoms with Crippen LogP contribution >= 0.6 is 0 Å². The summed E-state index contributed by atoms with van der Waals surface area (Å²) in [5.41, 5.74) is 2.95. The van der Waals surface area contributed by atoms with Crippen LogP contribution in [-0.4, -0.2) is 43.4 Å². The lowest BCUT2D eigenvalue weighted by Gasteiger charge is -2.29. The van der Waals surface area contributed by atoms with Gasteiger partial charge in [0, 0.05) is 30.2 Å². The van der Waals surface area contributed by atoms with E-state index < -0.39 is 9.84 Å². The molecule has 0 aliphatic carbocycles. The van der Waals surface area contributed by atoms with Gasteiger partial charge in [-0.15, -0.1) is 0 Å². The zero-order chi connectivity index (χ0) is 18.7. The molecular formula is C19H23N3O3S. The number of anilines is 2. The third kappa shape index (κ3) is 4.22. The Bertz CT molecular complexity index is 895. The highest BCUT2D eigenvalue weighted by Gasteiger charge is 2.32. The Labute approximate surface area is 154 Å². The second kappa shape index (κ2) is 7.45. The quantitative estimate of drug-likeness (QED) is 0.872. The fourth-order valence-corrected chi connectivity index (χ4v) is 4.96. The Morgan fingerprint density at radius 3 is 2.62 bits per heavy atom. The van der Waals surface area contributed by atoms with Crippen molar-refractivity contribution in [3.8, 4) is 0 Å². The van der Waals surface area contributed by atoms with Crippen LogP contribution in [0.2, 0.25) is 0 Å². The number of nitrogens with zero attached hydrogens (tertiary/aromatic N) is 2. The van der Waals surface area contributed by atoms with Gasteiger partial charge in [0.25, 0.3) is 5.91 Å². The molecule has 1 atom stereocenters. The summed E-state index contributed by atoms with van der Waals surface area (Å²) in [7, 11) is -2.97. The van der Waals surface area contributed by atoms with E-state index in [2.05, 4.69) is 10.3 Å². The number of carbonyl (C=O) groups is 1. The molecule has 2 heterocycles. The molecule has 0 spiro atoms. The number of pyridine rings is 1. The molecule has 1 N–H and O–H groups in total. The van der Waals surface area contributed by atoms with Gasteiger partial charge in [0.15, 0.2) is 9.84 Å². The SMILES string of the molecule is CCN(c1ccnc(C(=O)Nc2ccc(C)cc2)c1)C1CCS(=O)(=O)C1. The van der Waals surface area contributed by atoms with Crippen LogP contribution in [0, 0.1) is 6.92 Å². The van der Waals surface area contributed by atoms with E-state index in [1.165, 1.54) is 0 Å². The molecule has 26 heavy (non-hydrogen) atoms. The van der Waals surface area contributed by atoms with Crippen LogP contribution < -0.4 is 10.2 Å². The van der Waals surface area contributed by atoms with Crippen molar-refractivity contribution in [2.75, 3.05) is 28.3 Å². The molecule has 1 aliphatic heterocycles. The summed E-state index contributed by atoms with van der Waals surface area (Å²) in [5, 5.41) is 2.84. The van der Waals surface area contributed by atoms with E-state index >= 15 is 0 Å². The number of aromatic nitrogens is 1. The first-order valence-electron chi connectivity index (χ1n) is 8.69. The molecule has 0 bridgehead atoms. The van der Waals surface area contributed by atoms with E-state index in [1.54, 1.807) is 12.3 Å². The first-order chi connectivity index (χ1) is 12.4. The molecule has 7 heteroatoms. The zero-order valence-corrected chi connectivity index (χ0v) is 15.8. The zero-order valence-electron chi connectivity index (χ0n) is 15.0. The van der Waals surface area contributed by atoms with Gasteiger partial charge in [-0.25, -0.2) is 8.42 Å². The molecule has 1 aliphatic rings. The summed E-state index contributed by atoms with van der Waals surface area (Å²) < 4.78 is 23.6. The summed E-state index contributed by atoms with van der Waals surface area (Å²) in [6, 6.07) is 11.0. The molecule has 0 saturated carbocycles.